The van der Waals surface area contributed by atoms with Crippen LogP contribution in [0.4, 0.5) is 0 Å². The van der Waals surface area contributed by atoms with Gasteiger partial charge in [-0.15, -0.1) is 0 Å². The van der Waals surface area contributed by atoms with Gasteiger partial charge in [0.15, 0.2) is 0 Å². The van der Waals surface area contributed by atoms with Gasteiger partial charge in [-0.2, -0.15) is 0 Å². The van der Waals surface area contributed by atoms with Crippen molar-refractivity contribution in [2.75, 3.05) is 25.9 Å². The van der Waals surface area contributed by atoms with Gasteiger partial charge in [0.1, 0.15) is 0 Å². The van der Waals surface area contributed by atoms with Gasteiger partial charge in [0.25, 0.3) is 0 Å². The highest BCUT2D eigenvalue weighted by atomic mass is 32.2. The third-order valence-electron chi connectivity index (χ3n) is 2.45. The molecular weight excluding hydrogens is 188 g/mol. The van der Waals surface area contributed by atoms with E-state index >= 15 is 0 Å². The number of rotatable bonds is 3. The van der Waals surface area contributed by atoms with Crippen molar-refractivity contribution in [3.63, 3.8) is 0 Å². The van der Waals surface area contributed by atoms with Crippen LogP contribution in [0, 0.1) is 0 Å². The molecule has 0 aliphatic carbocycles. The molecule has 13 heavy (non-hydrogen) atoms. The Balaban J connectivity index is 2.65. The van der Waals surface area contributed by atoms with Crippen LogP contribution in [-0.2, 0) is 10.0 Å². The first kappa shape index (κ1) is 10.9. The van der Waals surface area contributed by atoms with E-state index in [0.717, 1.165) is 6.42 Å². The molecule has 0 aromatic rings. The summed E-state index contributed by atoms with van der Waals surface area (Å²) in [5.74, 6) is 0.312. The number of nitrogens with one attached hydrogen (secondary N) is 1. The molecule has 0 bridgehead atoms. The lowest BCUT2D eigenvalue weighted by atomic mass is 10.1. The fraction of sp³-hybridized carbons (Fsp3) is 1.00. The highest BCUT2D eigenvalue weighted by molar-refractivity contribution is 7.89. The standard InChI is InChI=1S/C8H18N2O2S/c1-8(2,9-3)7-10-5-4-6-13(10,11)12/h9H,4-7H2,1-3H3. The van der Waals surface area contributed by atoms with Crippen molar-refractivity contribution in [1.29, 1.82) is 0 Å². The van der Waals surface area contributed by atoms with E-state index in [-0.39, 0.29) is 5.54 Å². The van der Waals surface area contributed by atoms with Crippen molar-refractivity contribution in [3.8, 4) is 0 Å². The van der Waals surface area contributed by atoms with Crippen LogP contribution in [0.5, 0.6) is 0 Å². The van der Waals surface area contributed by atoms with Crippen LogP contribution in [0.2, 0.25) is 0 Å². The van der Waals surface area contributed by atoms with Crippen molar-refractivity contribution in [1.82, 2.24) is 9.62 Å². The topological polar surface area (TPSA) is 49.4 Å². The molecule has 0 atom stereocenters. The minimum Gasteiger partial charge on any atom is -0.314 e. The second-order valence-electron chi connectivity index (χ2n) is 4.14. The molecule has 1 saturated heterocycles. The molecule has 1 fully saturated rings. The van der Waals surface area contributed by atoms with Crippen molar-refractivity contribution in [2.24, 2.45) is 0 Å². The van der Waals surface area contributed by atoms with Gasteiger partial charge in [-0.25, -0.2) is 12.7 Å². The lowest BCUT2D eigenvalue weighted by molar-refractivity contribution is 0.312. The van der Waals surface area contributed by atoms with Gasteiger partial charge < -0.3 is 5.32 Å². The fourth-order valence-corrected chi connectivity index (χ4v) is 3.07. The Morgan fingerprint density at radius 1 is 1.46 bits per heavy atom. The summed E-state index contributed by atoms with van der Waals surface area (Å²) >= 11 is 0. The average molecular weight is 206 g/mol. The van der Waals surface area contributed by atoms with Crippen LogP contribution < -0.4 is 5.32 Å². The van der Waals surface area contributed by atoms with Crippen LogP contribution in [0.3, 0.4) is 0 Å². The molecule has 1 aliphatic rings. The Morgan fingerprint density at radius 2 is 2.08 bits per heavy atom. The maximum Gasteiger partial charge on any atom is 0.214 e. The Labute approximate surface area is 80.4 Å². The largest absolute Gasteiger partial charge is 0.314 e. The number of hydrogen-bond donors (Lipinski definition) is 1. The monoisotopic (exact) mass is 206 g/mol. The summed E-state index contributed by atoms with van der Waals surface area (Å²) in [5, 5.41) is 3.10. The molecule has 0 aromatic heterocycles. The first-order valence-electron chi connectivity index (χ1n) is 4.54. The number of hydrogen-bond acceptors (Lipinski definition) is 3. The van der Waals surface area contributed by atoms with E-state index in [1.165, 1.54) is 0 Å². The predicted molar refractivity (Wildman–Crippen MR) is 53.1 cm³/mol. The molecule has 0 amide bonds. The van der Waals surface area contributed by atoms with Gasteiger partial charge in [-0.1, -0.05) is 0 Å². The second kappa shape index (κ2) is 3.55. The zero-order chi connectivity index (χ0) is 10.1. The Hall–Kier alpha value is -0.130. The Morgan fingerprint density at radius 3 is 2.46 bits per heavy atom. The highest BCUT2D eigenvalue weighted by Crippen LogP contribution is 2.16. The zero-order valence-corrected chi connectivity index (χ0v) is 9.32. The van der Waals surface area contributed by atoms with Crippen molar-refractivity contribution >= 4 is 10.0 Å². The van der Waals surface area contributed by atoms with Gasteiger partial charge in [-0.3, -0.25) is 0 Å². The van der Waals surface area contributed by atoms with Crippen LogP contribution in [0.1, 0.15) is 20.3 Å². The summed E-state index contributed by atoms with van der Waals surface area (Å²) in [5.41, 5.74) is -0.141. The lowest BCUT2D eigenvalue weighted by Crippen LogP contribution is -2.47. The molecular formula is C8H18N2O2S. The van der Waals surface area contributed by atoms with E-state index in [1.807, 2.05) is 20.9 Å². The van der Waals surface area contributed by atoms with Crippen LogP contribution in [0.25, 0.3) is 0 Å². The van der Waals surface area contributed by atoms with Gasteiger partial charge in [0.2, 0.25) is 10.0 Å². The molecule has 0 unspecified atom stereocenters. The third kappa shape index (κ3) is 2.65. The van der Waals surface area contributed by atoms with Crippen molar-refractivity contribution in [3.05, 3.63) is 0 Å². The normalized spacial score (nSPS) is 23.6. The molecule has 0 spiro atoms. The van der Waals surface area contributed by atoms with E-state index in [0.29, 0.717) is 18.8 Å². The van der Waals surface area contributed by atoms with E-state index in [4.69, 9.17) is 0 Å². The summed E-state index contributed by atoms with van der Waals surface area (Å²) in [4.78, 5) is 0. The van der Waals surface area contributed by atoms with Gasteiger partial charge >= 0.3 is 0 Å². The number of nitrogens with zero attached hydrogens (tertiary/aromatic N) is 1. The quantitative estimate of drug-likeness (QED) is 0.708. The van der Waals surface area contributed by atoms with E-state index in [2.05, 4.69) is 5.32 Å². The Kier molecular flexibility index (Phi) is 2.99. The molecule has 78 valence electrons. The molecule has 1 aliphatic heterocycles. The second-order valence-corrected chi connectivity index (χ2v) is 6.23. The molecule has 0 aromatic carbocycles. The maximum absolute atomic E-state index is 11.5. The molecule has 1 heterocycles. The zero-order valence-electron chi connectivity index (χ0n) is 8.50. The summed E-state index contributed by atoms with van der Waals surface area (Å²) < 4.78 is 24.5. The van der Waals surface area contributed by atoms with E-state index in [9.17, 15) is 8.42 Å². The summed E-state index contributed by atoms with van der Waals surface area (Å²) in [6, 6.07) is 0. The van der Waals surface area contributed by atoms with Gasteiger partial charge in [0.05, 0.1) is 5.75 Å². The first-order valence-corrected chi connectivity index (χ1v) is 6.15. The summed E-state index contributed by atoms with van der Waals surface area (Å²) in [6.45, 7) is 5.24. The van der Waals surface area contributed by atoms with E-state index in [1.54, 1.807) is 4.31 Å². The third-order valence-corrected chi connectivity index (χ3v) is 4.35. The highest BCUT2D eigenvalue weighted by Gasteiger charge is 2.32. The Bertz CT molecular complexity index is 272. The average Bonchev–Trinajstić information content (AvgIpc) is 2.31. The van der Waals surface area contributed by atoms with Crippen molar-refractivity contribution < 1.29 is 8.42 Å². The summed E-state index contributed by atoms with van der Waals surface area (Å²) in [6.07, 6.45) is 0.766. The predicted octanol–water partition coefficient (Wildman–Crippen LogP) is 0.0199. The molecule has 4 nitrogen and oxygen atoms in total. The maximum atomic E-state index is 11.5. The van der Waals surface area contributed by atoms with Crippen LogP contribution >= 0.6 is 0 Å². The van der Waals surface area contributed by atoms with Crippen molar-refractivity contribution in [2.45, 2.75) is 25.8 Å². The van der Waals surface area contributed by atoms with E-state index < -0.39 is 10.0 Å². The number of likely N-dealkylation sites (N-methyl/N-ethyl adjacent to an activating group) is 1. The smallest absolute Gasteiger partial charge is 0.214 e. The fourth-order valence-electron chi connectivity index (χ4n) is 1.39. The summed E-state index contributed by atoms with van der Waals surface area (Å²) in [7, 11) is -1.09. The van der Waals surface area contributed by atoms with Crippen LogP contribution in [-0.4, -0.2) is 44.2 Å². The minimum atomic E-state index is -2.94. The molecule has 1 rings (SSSR count). The van der Waals surface area contributed by atoms with Crippen LogP contribution in [0.15, 0.2) is 0 Å². The molecule has 5 heteroatoms. The SMILES string of the molecule is CNC(C)(C)CN1CCCS1(=O)=O. The minimum absolute atomic E-state index is 0.141. The lowest BCUT2D eigenvalue weighted by Gasteiger charge is -2.28. The molecule has 0 saturated carbocycles. The molecule has 0 radical (unpaired) electrons. The first-order chi connectivity index (χ1) is 5.87. The van der Waals surface area contributed by atoms with Gasteiger partial charge in [0, 0.05) is 18.6 Å². The molecule has 1 N–H and O–H groups in total. The number of sulfonamides is 1. The van der Waals surface area contributed by atoms with Gasteiger partial charge in [-0.05, 0) is 27.3 Å².